The Morgan fingerprint density at radius 3 is 2.75 bits per heavy atom. The van der Waals surface area contributed by atoms with Crippen LogP contribution in [0.25, 0.3) is 0 Å². The summed E-state index contributed by atoms with van der Waals surface area (Å²) in [5, 5.41) is 19.1. The lowest BCUT2D eigenvalue weighted by Crippen LogP contribution is -2.02. The van der Waals surface area contributed by atoms with Crippen molar-refractivity contribution in [1.82, 2.24) is 0 Å². The second-order valence-corrected chi connectivity index (χ2v) is 5.07. The van der Waals surface area contributed by atoms with E-state index in [0.717, 1.165) is 19.1 Å². The molecule has 110 valence electrons. The fourth-order valence-corrected chi connectivity index (χ4v) is 2.07. The van der Waals surface area contributed by atoms with Gasteiger partial charge in [0.15, 0.2) is 11.5 Å². The average Bonchev–Trinajstić information content (AvgIpc) is 2.46. The molecule has 20 heavy (non-hydrogen) atoms. The third-order valence-electron chi connectivity index (χ3n) is 3.41. The van der Waals surface area contributed by atoms with Crippen LogP contribution in [-0.2, 0) is 11.2 Å². The van der Waals surface area contributed by atoms with Crippen molar-refractivity contribution in [2.45, 2.75) is 45.4 Å². The van der Waals surface area contributed by atoms with Crippen LogP contribution in [0.5, 0.6) is 11.5 Å². The zero-order valence-electron chi connectivity index (χ0n) is 12.1. The monoisotopic (exact) mass is 276 g/mol. The van der Waals surface area contributed by atoms with E-state index in [2.05, 4.69) is 19.1 Å². The van der Waals surface area contributed by atoms with Crippen LogP contribution in [-0.4, -0.2) is 16.5 Å². The summed E-state index contributed by atoms with van der Waals surface area (Å²) >= 11 is 0. The summed E-state index contributed by atoms with van der Waals surface area (Å²) in [6, 6.07) is 4.92. The van der Waals surface area contributed by atoms with Crippen LogP contribution in [0.1, 0.15) is 44.6 Å². The van der Waals surface area contributed by atoms with E-state index in [-0.39, 0.29) is 17.4 Å². The van der Waals surface area contributed by atoms with E-state index >= 15 is 0 Å². The molecule has 0 aliphatic carbocycles. The number of rotatable bonds is 9. The number of phenols is 2. The summed E-state index contributed by atoms with van der Waals surface area (Å²) in [7, 11) is 0. The first-order valence-electron chi connectivity index (χ1n) is 7.29. The van der Waals surface area contributed by atoms with Crippen LogP contribution in [0.4, 0.5) is 0 Å². The number of aldehydes is 1. The summed E-state index contributed by atoms with van der Waals surface area (Å²) < 4.78 is 0. The molecule has 3 nitrogen and oxygen atoms in total. The Labute approximate surface area is 121 Å². The van der Waals surface area contributed by atoms with Crippen LogP contribution < -0.4 is 0 Å². The summed E-state index contributed by atoms with van der Waals surface area (Å²) in [5.74, 6) is -0.213. The molecule has 0 saturated heterocycles. The molecule has 0 aliphatic rings. The molecule has 1 aromatic rings. The van der Waals surface area contributed by atoms with Crippen molar-refractivity contribution in [2.75, 3.05) is 0 Å². The van der Waals surface area contributed by atoms with E-state index in [1.54, 1.807) is 12.1 Å². The van der Waals surface area contributed by atoms with E-state index in [1.165, 1.54) is 18.9 Å². The summed E-state index contributed by atoms with van der Waals surface area (Å²) in [6.07, 6.45) is 10.6. The summed E-state index contributed by atoms with van der Waals surface area (Å²) in [4.78, 5) is 11.1. The van der Waals surface area contributed by atoms with E-state index < -0.39 is 0 Å². The lowest BCUT2D eigenvalue weighted by molar-refractivity contribution is -0.111. The molecule has 2 N–H and O–H groups in total. The molecule has 1 rings (SSSR count). The smallest absolute Gasteiger partial charge is 0.160 e. The van der Waals surface area contributed by atoms with Gasteiger partial charge in [-0.3, -0.25) is 0 Å². The second-order valence-electron chi connectivity index (χ2n) is 5.07. The van der Waals surface area contributed by atoms with Crippen LogP contribution in [0.15, 0.2) is 30.4 Å². The van der Waals surface area contributed by atoms with E-state index in [1.807, 2.05) is 0 Å². The minimum atomic E-state index is -0.107. The fraction of sp³-hybridized carbons (Fsp3) is 0.471. The van der Waals surface area contributed by atoms with Crippen molar-refractivity contribution in [1.29, 1.82) is 0 Å². The van der Waals surface area contributed by atoms with Gasteiger partial charge in [-0.05, 0) is 37.3 Å². The molecule has 0 spiro atoms. The maximum Gasteiger partial charge on any atom is 0.160 e. The highest BCUT2D eigenvalue weighted by Gasteiger charge is 2.10. The molecule has 0 radical (unpaired) electrons. The zero-order valence-corrected chi connectivity index (χ0v) is 12.1. The Kier molecular flexibility index (Phi) is 7.48. The summed E-state index contributed by atoms with van der Waals surface area (Å²) in [6.45, 7) is 2.16. The first kappa shape index (κ1) is 16.3. The lowest BCUT2D eigenvalue weighted by atomic mass is 9.97. The maximum atomic E-state index is 11.1. The first-order chi connectivity index (χ1) is 9.69. The van der Waals surface area contributed by atoms with Crippen LogP contribution in [0, 0.1) is 5.92 Å². The molecule has 1 atom stereocenters. The molecule has 0 aliphatic heterocycles. The number of allylic oxidation sites excluding steroid dienone is 2. The lowest BCUT2D eigenvalue weighted by Gasteiger charge is -2.09. The molecule has 0 amide bonds. The van der Waals surface area contributed by atoms with Gasteiger partial charge >= 0.3 is 0 Å². The Morgan fingerprint density at radius 1 is 1.25 bits per heavy atom. The number of hydrogen-bond acceptors (Lipinski definition) is 3. The predicted octanol–water partition coefficient (Wildman–Crippen LogP) is 3.98. The predicted molar refractivity (Wildman–Crippen MR) is 80.9 cm³/mol. The molecule has 0 bridgehead atoms. The number of aromatic hydroxyl groups is 2. The molecule has 0 saturated carbocycles. The van der Waals surface area contributed by atoms with E-state index in [0.29, 0.717) is 18.4 Å². The number of benzene rings is 1. The molecule has 1 aromatic carbocycles. The third kappa shape index (κ3) is 5.47. The van der Waals surface area contributed by atoms with Gasteiger partial charge in [-0.25, -0.2) is 0 Å². The van der Waals surface area contributed by atoms with Crippen LogP contribution in [0.2, 0.25) is 0 Å². The molecule has 3 heteroatoms. The Bertz CT molecular complexity index is 438. The Morgan fingerprint density at radius 2 is 2.05 bits per heavy atom. The number of hydrogen-bond donors (Lipinski definition) is 2. The fourth-order valence-electron chi connectivity index (χ4n) is 2.07. The number of carbonyl (C=O) groups is 1. The zero-order chi connectivity index (χ0) is 14.8. The minimum Gasteiger partial charge on any atom is -0.504 e. The topological polar surface area (TPSA) is 57.5 Å². The van der Waals surface area contributed by atoms with Crippen molar-refractivity contribution in [2.24, 2.45) is 5.92 Å². The van der Waals surface area contributed by atoms with Crippen molar-refractivity contribution in [3.8, 4) is 11.5 Å². The highest BCUT2D eigenvalue weighted by atomic mass is 16.3. The normalized spacial score (nSPS) is 12.7. The number of para-hydroxylation sites is 1. The van der Waals surface area contributed by atoms with Gasteiger partial charge in [-0.15, -0.1) is 0 Å². The van der Waals surface area contributed by atoms with Crippen molar-refractivity contribution >= 4 is 6.29 Å². The van der Waals surface area contributed by atoms with Crippen molar-refractivity contribution in [3.05, 3.63) is 35.9 Å². The molecule has 1 unspecified atom stereocenters. The van der Waals surface area contributed by atoms with Crippen molar-refractivity contribution in [3.63, 3.8) is 0 Å². The Balaban J connectivity index is 2.43. The highest BCUT2D eigenvalue weighted by molar-refractivity contribution is 5.54. The van der Waals surface area contributed by atoms with E-state index in [9.17, 15) is 15.0 Å². The third-order valence-corrected chi connectivity index (χ3v) is 3.41. The van der Waals surface area contributed by atoms with Gasteiger partial charge in [0.2, 0.25) is 0 Å². The number of carbonyl (C=O) groups excluding carboxylic acids is 1. The van der Waals surface area contributed by atoms with Crippen molar-refractivity contribution < 1.29 is 15.0 Å². The first-order valence-corrected chi connectivity index (χ1v) is 7.29. The summed E-state index contributed by atoms with van der Waals surface area (Å²) in [5.41, 5.74) is 0.687. The quantitative estimate of drug-likeness (QED) is 0.310. The number of unbranched alkanes of at least 4 members (excludes halogenated alkanes) is 2. The molecule has 0 aromatic heterocycles. The standard InChI is InChI=1S/C17H24O3/c1-2-3-4-5-6-8-14(13-18)11-12-15-9-7-10-16(19)17(15)20/h5-7,9-10,13-14,19-20H,2-4,8,11-12H2,1H3. The SMILES string of the molecule is CCCCC=CCC(C=O)CCc1cccc(O)c1O. The van der Waals surface area contributed by atoms with Gasteiger partial charge in [0.1, 0.15) is 6.29 Å². The largest absolute Gasteiger partial charge is 0.504 e. The average molecular weight is 276 g/mol. The Hall–Kier alpha value is -1.77. The molecular formula is C17H24O3. The molecular weight excluding hydrogens is 252 g/mol. The van der Waals surface area contributed by atoms with Gasteiger partial charge in [0.25, 0.3) is 0 Å². The second kappa shape index (κ2) is 9.18. The number of phenolic OH excluding ortho intramolecular Hbond substituents is 2. The van der Waals surface area contributed by atoms with Gasteiger partial charge in [0, 0.05) is 5.92 Å². The van der Waals surface area contributed by atoms with Crippen LogP contribution >= 0.6 is 0 Å². The molecule has 0 fully saturated rings. The van der Waals surface area contributed by atoms with Gasteiger partial charge in [-0.1, -0.05) is 44.1 Å². The van der Waals surface area contributed by atoms with Gasteiger partial charge in [0.05, 0.1) is 0 Å². The van der Waals surface area contributed by atoms with E-state index in [4.69, 9.17) is 0 Å². The highest BCUT2D eigenvalue weighted by Crippen LogP contribution is 2.29. The maximum absolute atomic E-state index is 11.1. The van der Waals surface area contributed by atoms with Gasteiger partial charge < -0.3 is 15.0 Å². The van der Waals surface area contributed by atoms with Crippen LogP contribution in [0.3, 0.4) is 0 Å². The van der Waals surface area contributed by atoms with Gasteiger partial charge in [-0.2, -0.15) is 0 Å². The number of aryl methyl sites for hydroxylation is 1. The molecule has 0 heterocycles. The minimum absolute atomic E-state index is 0.0328.